The van der Waals surface area contributed by atoms with E-state index in [1.807, 2.05) is 0 Å². The largest absolute Gasteiger partial charge is 0.416 e. The molecule has 2 N–H and O–H groups in total. The number of benzene rings is 1. The molecule has 2 rings (SSSR count). The zero-order valence-corrected chi connectivity index (χ0v) is 11.8. The summed E-state index contributed by atoms with van der Waals surface area (Å²) >= 11 is 5.62. The van der Waals surface area contributed by atoms with Crippen LogP contribution in [0.5, 0.6) is 0 Å². The molecule has 1 aromatic carbocycles. The predicted molar refractivity (Wildman–Crippen MR) is 70.7 cm³/mol. The highest BCUT2D eigenvalue weighted by Gasteiger charge is 2.39. The van der Waals surface area contributed by atoms with E-state index in [1.54, 1.807) is 4.90 Å². The van der Waals surface area contributed by atoms with Crippen molar-refractivity contribution in [3.05, 3.63) is 34.1 Å². The Kier molecular flexibility index (Phi) is 5.08. The first kappa shape index (κ1) is 16.5. The molecule has 21 heavy (non-hydrogen) atoms. The minimum Gasteiger partial charge on any atom is -0.394 e. The molecule has 0 bridgehead atoms. The Morgan fingerprint density at radius 3 is 2.43 bits per heavy atom. The van der Waals surface area contributed by atoms with Crippen LogP contribution >= 0.6 is 11.6 Å². The standard InChI is InChI=1S/C13H15ClF4N2O/c14-9-2-1-8(13(16,17)18)11(12(9)15)10(7-21)20-5-3-19-4-6-20/h1-2,10,19,21H,3-7H2/t10-/m0/s1. The first-order valence-electron chi connectivity index (χ1n) is 6.47. The van der Waals surface area contributed by atoms with Crippen LogP contribution in [0.15, 0.2) is 12.1 Å². The third-order valence-electron chi connectivity index (χ3n) is 3.54. The second-order valence-electron chi connectivity index (χ2n) is 4.80. The minimum absolute atomic E-state index is 0.383. The van der Waals surface area contributed by atoms with Gasteiger partial charge in [0.25, 0.3) is 0 Å². The SMILES string of the molecule is OC[C@@H](c1c(C(F)(F)F)ccc(Cl)c1F)N1CCNCC1. The highest BCUT2D eigenvalue weighted by atomic mass is 35.5. The summed E-state index contributed by atoms with van der Waals surface area (Å²) in [5.74, 6) is -1.12. The molecule has 0 aromatic heterocycles. The molecule has 1 aliphatic rings. The molecule has 1 fully saturated rings. The second-order valence-corrected chi connectivity index (χ2v) is 5.21. The van der Waals surface area contributed by atoms with Crippen LogP contribution in [-0.4, -0.2) is 42.8 Å². The van der Waals surface area contributed by atoms with Crippen molar-refractivity contribution in [1.82, 2.24) is 10.2 Å². The van der Waals surface area contributed by atoms with Crippen LogP contribution < -0.4 is 5.32 Å². The van der Waals surface area contributed by atoms with Crippen LogP contribution in [0.25, 0.3) is 0 Å². The lowest BCUT2D eigenvalue weighted by molar-refractivity contribution is -0.139. The first-order chi connectivity index (χ1) is 9.86. The van der Waals surface area contributed by atoms with Crippen molar-refractivity contribution in [2.75, 3.05) is 32.8 Å². The van der Waals surface area contributed by atoms with Crippen LogP contribution in [0.4, 0.5) is 17.6 Å². The van der Waals surface area contributed by atoms with E-state index in [1.165, 1.54) is 0 Å². The number of hydrogen-bond donors (Lipinski definition) is 2. The van der Waals surface area contributed by atoms with Gasteiger partial charge in [-0.1, -0.05) is 11.6 Å². The average molecular weight is 327 g/mol. The molecule has 8 heteroatoms. The van der Waals surface area contributed by atoms with Crippen molar-refractivity contribution in [2.45, 2.75) is 12.2 Å². The molecule has 1 aliphatic heterocycles. The fourth-order valence-corrected chi connectivity index (χ4v) is 2.69. The molecule has 0 spiro atoms. The van der Waals surface area contributed by atoms with Gasteiger partial charge in [0.05, 0.1) is 23.2 Å². The summed E-state index contributed by atoms with van der Waals surface area (Å²) in [4.78, 5) is 1.63. The zero-order valence-electron chi connectivity index (χ0n) is 11.1. The van der Waals surface area contributed by atoms with Crippen LogP contribution in [0.3, 0.4) is 0 Å². The third kappa shape index (κ3) is 3.48. The summed E-state index contributed by atoms with van der Waals surface area (Å²) < 4.78 is 53.5. The normalized spacial score (nSPS) is 18.8. The molecule has 3 nitrogen and oxygen atoms in total. The fourth-order valence-electron chi connectivity index (χ4n) is 2.52. The van der Waals surface area contributed by atoms with Gasteiger partial charge in [-0.3, -0.25) is 4.90 Å². The van der Waals surface area contributed by atoms with Crippen molar-refractivity contribution in [2.24, 2.45) is 0 Å². The monoisotopic (exact) mass is 326 g/mol. The number of halogens is 5. The Labute approximate surface area is 124 Å². The molecule has 0 aliphatic carbocycles. The van der Waals surface area contributed by atoms with Crippen LogP contribution in [0.2, 0.25) is 5.02 Å². The Balaban J connectivity index is 2.50. The maximum atomic E-state index is 14.2. The lowest BCUT2D eigenvalue weighted by Crippen LogP contribution is -2.46. The van der Waals surface area contributed by atoms with Crippen LogP contribution in [0, 0.1) is 5.82 Å². The lowest BCUT2D eigenvalue weighted by atomic mass is 9.97. The van der Waals surface area contributed by atoms with E-state index in [2.05, 4.69) is 5.32 Å². The van der Waals surface area contributed by atoms with Crippen LogP contribution in [-0.2, 0) is 6.18 Å². The smallest absolute Gasteiger partial charge is 0.394 e. The van der Waals surface area contributed by atoms with Crippen molar-refractivity contribution < 1.29 is 22.7 Å². The fraction of sp³-hybridized carbons (Fsp3) is 0.538. The van der Waals surface area contributed by atoms with E-state index in [-0.39, 0.29) is 5.02 Å². The average Bonchev–Trinajstić information content (AvgIpc) is 2.44. The van der Waals surface area contributed by atoms with Crippen LogP contribution in [0.1, 0.15) is 17.2 Å². The Hall–Kier alpha value is -0.890. The van der Waals surface area contributed by atoms with Gasteiger partial charge in [-0.2, -0.15) is 13.2 Å². The van der Waals surface area contributed by atoms with Gasteiger partial charge in [0, 0.05) is 31.7 Å². The van der Waals surface area contributed by atoms with Crippen molar-refractivity contribution in [3.8, 4) is 0 Å². The van der Waals surface area contributed by atoms with Gasteiger partial charge in [-0.05, 0) is 12.1 Å². The van der Waals surface area contributed by atoms with Gasteiger partial charge in [0.15, 0.2) is 0 Å². The van der Waals surface area contributed by atoms with Crippen molar-refractivity contribution in [3.63, 3.8) is 0 Å². The highest BCUT2D eigenvalue weighted by Crippen LogP contribution is 2.39. The Morgan fingerprint density at radius 1 is 1.29 bits per heavy atom. The van der Waals surface area contributed by atoms with E-state index in [9.17, 15) is 22.7 Å². The van der Waals surface area contributed by atoms with Gasteiger partial charge in [0.2, 0.25) is 0 Å². The van der Waals surface area contributed by atoms with Gasteiger partial charge in [0.1, 0.15) is 5.82 Å². The van der Waals surface area contributed by atoms with E-state index < -0.39 is 35.8 Å². The number of alkyl halides is 3. The van der Waals surface area contributed by atoms with Gasteiger partial charge >= 0.3 is 6.18 Å². The van der Waals surface area contributed by atoms with E-state index in [0.717, 1.165) is 12.1 Å². The first-order valence-corrected chi connectivity index (χ1v) is 6.84. The zero-order chi connectivity index (χ0) is 15.6. The van der Waals surface area contributed by atoms with E-state index in [0.29, 0.717) is 26.2 Å². The lowest BCUT2D eigenvalue weighted by Gasteiger charge is -2.35. The van der Waals surface area contributed by atoms with Crippen molar-refractivity contribution >= 4 is 11.6 Å². The number of piperazine rings is 1. The van der Waals surface area contributed by atoms with Gasteiger partial charge in [-0.15, -0.1) is 0 Å². The molecule has 118 valence electrons. The predicted octanol–water partition coefficient (Wildman–Crippen LogP) is 2.44. The number of aliphatic hydroxyl groups excluding tert-OH is 1. The Bertz CT molecular complexity index is 504. The number of rotatable bonds is 3. The quantitative estimate of drug-likeness (QED) is 0.838. The van der Waals surface area contributed by atoms with E-state index in [4.69, 9.17) is 11.6 Å². The summed E-state index contributed by atoms with van der Waals surface area (Å²) in [6.45, 7) is 1.38. The van der Waals surface area contributed by atoms with Gasteiger partial charge in [-0.25, -0.2) is 4.39 Å². The molecule has 1 atom stereocenters. The molecule has 1 aromatic rings. The molecule has 0 unspecified atom stereocenters. The number of nitrogens with zero attached hydrogens (tertiary/aromatic N) is 1. The maximum absolute atomic E-state index is 14.2. The number of hydrogen-bond acceptors (Lipinski definition) is 3. The number of nitrogens with one attached hydrogen (secondary N) is 1. The molecule has 0 amide bonds. The topological polar surface area (TPSA) is 35.5 Å². The maximum Gasteiger partial charge on any atom is 0.416 e. The summed E-state index contributed by atoms with van der Waals surface area (Å²) in [7, 11) is 0. The van der Waals surface area contributed by atoms with Crippen molar-refractivity contribution in [1.29, 1.82) is 0 Å². The summed E-state index contributed by atoms with van der Waals surface area (Å²) in [6, 6.07) is 0.573. The minimum atomic E-state index is -4.71. The second kappa shape index (κ2) is 6.48. The number of aliphatic hydroxyl groups is 1. The van der Waals surface area contributed by atoms with E-state index >= 15 is 0 Å². The molecule has 0 saturated carbocycles. The Morgan fingerprint density at radius 2 is 1.90 bits per heavy atom. The molecular formula is C13H15ClF4N2O. The summed E-state index contributed by atoms with van der Waals surface area (Å²) in [5, 5.41) is 12.2. The highest BCUT2D eigenvalue weighted by molar-refractivity contribution is 6.30. The molecule has 1 heterocycles. The summed E-state index contributed by atoms with van der Waals surface area (Å²) in [6.07, 6.45) is -4.71. The molecular weight excluding hydrogens is 312 g/mol. The molecule has 0 radical (unpaired) electrons. The van der Waals surface area contributed by atoms with Gasteiger partial charge < -0.3 is 10.4 Å². The molecule has 1 saturated heterocycles. The summed E-state index contributed by atoms with van der Waals surface area (Å²) in [5.41, 5.74) is -1.68. The third-order valence-corrected chi connectivity index (χ3v) is 3.83.